The van der Waals surface area contributed by atoms with Gasteiger partial charge in [-0.05, 0) is 12.1 Å². The summed E-state index contributed by atoms with van der Waals surface area (Å²) in [4.78, 5) is 3.91. The predicted molar refractivity (Wildman–Crippen MR) is 49.6 cm³/mol. The third-order valence-electron chi connectivity index (χ3n) is 1.24. The van der Waals surface area contributed by atoms with E-state index in [9.17, 15) is 0 Å². The van der Waals surface area contributed by atoms with Gasteiger partial charge >= 0.3 is 0 Å². The van der Waals surface area contributed by atoms with E-state index in [4.69, 9.17) is 16.3 Å². The molecule has 1 aromatic rings. The Hall–Kier alpha value is -1.02. The van der Waals surface area contributed by atoms with Gasteiger partial charge in [0.25, 0.3) is 0 Å². The Kier molecular flexibility index (Phi) is 4.24. The molecule has 12 heavy (non-hydrogen) atoms. The Balaban J connectivity index is 2.29. The Morgan fingerprint density at radius 3 is 3.08 bits per heavy atom. The van der Waals surface area contributed by atoms with Crippen molar-refractivity contribution < 1.29 is 4.74 Å². The van der Waals surface area contributed by atoms with Crippen molar-refractivity contribution in [1.82, 2.24) is 4.98 Å². The normalized spacial score (nSPS) is 10.4. The fraction of sp³-hybridized carbons (Fsp3) is 0.222. The van der Waals surface area contributed by atoms with E-state index in [0.717, 1.165) is 5.75 Å². The molecular weight excluding hydrogens is 174 g/mol. The largest absolute Gasteiger partial charge is 0.488 e. The van der Waals surface area contributed by atoms with E-state index < -0.39 is 0 Å². The Morgan fingerprint density at radius 2 is 2.42 bits per heavy atom. The first kappa shape index (κ1) is 9.07. The second-order valence-electron chi connectivity index (χ2n) is 2.13. The summed E-state index contributed by atoms with van der Waals surface area (Å²) in [6, 6.07) is 3.70. The number of hydrogen-bond donors (Lipinski definition) is 0. The maximum atomic E-state index is 5.43. The Morgan fingerprint density at radius 1 is 1.50 bits per heavy atom. The van der Waals surface area contributed by atoms with Gasteiger partial charge < -0.3 is 4.74 Å². The molecule has 1 aromatic heterocycles. The fourth-order valence-corrected chi connectivity index (χ4v) is 0.834. The van der Waals surface area contributed by atoms with Crippen LogP contribution in [0.4, 0.5) is 0 Å². The van der Waals surface area contributed by atoms with E-state index in [-0.39, 0.29) is 0 Å². The molecule has 0 N–H and O–H groups in total. The molecule has 1 rings (SSSR count). The van der Waals surface area contributed by atoms with E-state index >= 15 is 0 Å². The van der Waals surface area contributed by atoms with Gasteiger partial charge in [0, 0.05) is 12.1 Å². The SMILES string of the molecule is ClCC=CCOc1cccnc1. The molecule has 0 aliphatic rings. The van der Waals surface area contributed by atoms with Gasteiger partial charge in [-0.1, -0.05) is 12.2 Å². The van der Waals surface area contributed by atoms with Crippen molar-refractivity contribution in [3.63, 3.8) is 0 Å². The van der Waals surface area contributed by atoms with Gasteiger partial charge in [-0.25, -0.2) is 0 Å². The highest BCUT2D eigenvalue weighted by atomic mass is 35.5. The lowest BCUT2D eigenvalue weighted by molar-refractivity contribution is 0.361. The molecule has 0 fully saturated rings. The molecule has 0 spiro atoms. The van der Waals surface area contributed by atoms with Crippen LogP contribution in [0, 0.1) is 0 Å². The molecule has 3 heteroatoms. The molecule has 1 heterocycles. The van der Waals surface area contributed by atoms with E-state index in [2.05, 4.69) is 4.98 Å². The van der Waals surface area contributed by atoms with Crippen LogP contribution in [-0.2, 0) is 0 Å². The highest BCUT2D eigenvalue weighted by Gasteiger charge is 1.87. The summed E-state index contributed by atoms with van der Waals surface area (Å²) in [7, 11) is 0. The van der Waals surface area contributed by atoms with E-state index in [1.165, 1.54) is 0 Å². The first-order valence-corrected chi connectivity index (χ1v) is 4.20. The minimum absolute atomic E-state index is 0.524. The van der Waals surface area contributed by atoms with Gasteiger partial charge in [0.05, 0.1) is 6.20 Å². The molecule has 0 atom stereocenters. The minimum Gasteiger partial charge on any atom is -0.488 e. The van der Waals surface area contributed by atoms with Crippen LogP contribution < -0.4 is 4.74 Å². The van der Waals surface area contributed by atoms with Crippen molar-refractivity contribution in [1.29, 1.82) is 0 Å². The molecule has 0 aromatic carbocycles. The van der Waals surface area contributed by atoms with Crippen LogP contribution in [0.3, 0.4) is 0 Å². The van der Waals surface area contributed by atoms with Gasteiger partial charge in [-0.3, -0.25) is 4.98 Å². The number of allylic oxidation sites excluding steroid dienone is 1. The maximum Gasteiger partial charge on any atom is 0.138 e. The lowest BCUT2D eigenvalue weighted by Crippen LogP contribution is -1.93. The molecule has 0 aliphatic heterocycles. The monoisotopic (exact) mass is 183 g/mol. The van der Waals surface area contributed by atoms with E-state index in [1.807, 2.05) is 24.3 Å². The topological polar surface area (TPSA) is 22.1 Å². The quantitative estimate of drug-likeness (QED) is 0.528. The average molecular weight is 184 g/mol. The van der Waals surface area contributed by atoms with Crippen molar-refractivity contribution in [2.75, 3.05) is 12.5 Å². The summed E-state index contributed by atoms with van der Waals surface area (Å²) in [6.07, 6.45) is 7.11. The first-order valence-electron chi connectivity index (χ1n) is 3.67. The number of nitrogens with zero attached hydrogens (tertiary/aromatic N) is 1. The Labute approximate surface area is 76.8 Å². The highest BCUT2D eigenvalue weighted by molar-refractivity contribution is 6.18. The second-order valence-corrected chi connectivity index (χ2v) is 2.43. The summed E-state index contributed by atoms with van der Waals surface area (Å²) in [5.74, 6) is 1.30. The zero-order chi connectivity index (χ0) is 8.65. The number of ether oxygens (including phenoxy) is 1. The Bertz CT molecular complexity index is 236. The zero-order valence-corrected chi connectivity index (χ0v) is 7.37. The fourth-order valence-electron chi connectivity index (χ4n) is 0.708. The average Bonchev–Trinajstić information content (AvgIpc) is 2.14. The van der Waals surface area contributed by atoms with Crippen molar-refractivity contribution in [2.24, 2.45) is 0 Å². The molecule has 0 saturated heterocycles. The summed E-state index contributed by atoms with van der Waals surface area (Å²) in [6.45, 7) is 0.540. The van der Waals surface area contributed by atoms with E-state index in [0.29, 0.717) is 12.5 Å². The molecule has 0 amide bonds. The maximum absolute atomic E-state index is 5.43. The van der Waals surface area contributed by atoms with Crippen LogP contribution in [0.5, 0.6) is 5.75 Å². The van der Waals surface area contributed by atoms with Gasteiger partial charge in [0.2, 0.25) is 0 Å². The minimum atomic E-state index is 0.524. The van der Waals surface area contributed by atoms with Gasteiger partial charge in [0.15, 0.2) is 0 Å². The highest BCUT2D eigenvalue weighted by Crippen LogP contribution is 2.05. The molecule has 2 nitrogen and oxygen atoms in total. The molecular formula is C9H10ClNO. The lowest BCUT2D eigenvalue weighted by Gasteiger charge is -1.99. The van der Waals surface area contributed by atoms with Crippen molar-refractivity contribution in [3.05, 3.63) is 36.7 Å². The molecule has 0 bridgehead atoms. The smallest absolute Gasteiger partial charge is 0.138 e. The van der Waals surface area contributed by atoms with Crippen LogP contribution in [-0.4, -0.2) is 17.5 Å². The van der Waals surface area contributed by atoms with E-state index in [1.54, 1.807) is 12.4 Å². The van der Waals surface area contributed by atoms with Gasteiger partial charge in [0.1, 0.15) is 12.4 Å². The van der Waals surface area contributed by atoms with Crippen molar-refractivity contribution >= 4 is 11.6 Å². The second kappa shape index (κ2) is 5.61. The number of alkyl halides is 1. The molecule has 0 aliphatic carbocycles. The van der Waals surface area contributed by atoms with Crippen LogP contribution in [0.15, 0.2) is 36.7 Å². The third-order valence-corrected chi connectivity index (χ3v) is 1.41. The van der Waals surface area contributed by atoms with Gasteiger partial charge in [-0.2, -0.15) is 0 Å². The summed E-state index contributed by atoms with van der Waals surface area (Å²) < 4.78 is 5.30. The number of aromatic nitrogens is 1. The first-order chi connectivity index (χ1) is 5.93. The zero-order valence-electron chi connectivity index (χ0n) is 6.61. The predicted octanol–water partition coefficient (Wildman–Crippen LogP) is 2.26. The number of halogens is 1. The van der Waals surface area contributed by atoms with Crippen LogP contribution in [0.2, 0.25) is 0 Å². The number of pyridine rings is 1. The van der Waals surface area contributed by atoms with Crippen molar-refractivity contribution in [3.8, 4) is 5.75 Å². The molecule has 0 radical (unpaired) electrons. The number of rotatable bonds is 4. The van der Waals surface area contributed by atoms with Crippen LogP contribution >= 0.6 is 11.6 Å². The van der Waals surface area contributed by atoms with Crippen molar-refractivity contribution in [2.45, 2.75) is 0 Å². The van der Waals surface area contributed by atoms with Crippen LogP contribution in [0.1, 0.15) is 0 Å². The summed E-state index contributed by atoms with van der Waals surface area (Å²) in [5, 5.41) is 0. The lowest BCUT2D eigenvalue weighted by atomic mass is 10.4. The molecule has 0 saturated carbocycles. The van der Waals surface area contributed by atoms with Crippen LogP contribution in [0.25, 0.3) is 0 Å². The summed E-state index contributed by atoms with van der Waals surface area (Å²) >= 11 is 5.43. The van der Waals surface area contributed by atoms with Gasteiger partial charge in [-0.15, -0.1) is 11.6 Å². The molecule has 64 valence electrons. The summed E-state index contributed by atoms with van der Waals surface area (Å²) in [5.41, 5.74) is 0. The number of hydrogen-bond acceptors (Lipinski definition) is 2. The third kappa shape index (κ3) is 3.39. The molecule has 0 unspecified atom stereocenters. The standard InChI is InChI=1S/C9H10ClNO/c10-5-1-2-7-12-9-4-3-6-11-8-9/h1-4,6,8H,5,7H2.